The van der Waals surface area contributed by atoms with E-state index in [-0.39, 0.29) is 22.4 Å². The van der Waals surface area contributed by atoms with Gasteiger partial charge in [0.15, 0.2) is 0 Å². The topological polar surface area (TPSA) is 50.4 Å². The van der Waals surface area contributed by atoms with Crippen molar-refractivity contribution < 1.29 is 9.52 Å². The highest BCUT2D eigenvalue weighted by Gasteiger charge is 2.66. The minimum absolute atomic E-state index is 0.152. The van der Waals surface area contributed by atoms with Crippen molar-refractivity contribution in [2.45, 2.75) is 70.3 Å². The fourth-order valence-corrected chi connectivity index (χ4v) is 7.37. The molecule has 1 N–H and O–H groups in total. The van der Waals surface area contributed by atoms with Gasteiger partial charge in [-0.3, -0.25) is 0 Å². The van der Waals surface area contributed by atoms with Gasteiger partial charge < -0.3 is 9.52 Å². The Balaban J connectivity index is 1.54. The van der Waals surface area contributed by atoms with Crippen LogP contribution in [0.1, 0.15) is 70.3 Å². The Labute approximate surface area is 161 Å². The first-order chi connectivity index (χ1) is 12.9. The summed E-state index contributed by atoms with van der Waals surface area (Å²) in [6, 6.07) is 3.43. The molecule has 0 spiro atoms. The van der Waals surface area contributed by atoms with Crippen molar-refractivity contribution in [3.05, 3.63) is 58.2 Å². The predicted octanol–water partition coefficient (Wildman–Crippen LogP) is 4.97. The fraction of sp³-hybridized carbons (Fsp3) is 0.625. The van der Waals surface area contributed by atoms with E-state index in [0.29, 0.717) is 11.8 Å². The fourth-order valence-electron chi connectivity index (χ4n) is 7.37. The quantitative estimate of drug-likeness (QED) is 0.764. The van der Waals surface area contributed by atoms with Gasteiger partial charge in [0.05, 0.1) is 11.9 Å². The average Bonchev–Trinajstić information content (AvgIpc) is 2.94. The lowest BCUT2D eigenvalue weighted by Gasteiger charge is -2.60. The van der Waals surface area contributed by atoms with Crippen LogP contribution in [0.5, 0.6) is 0 Å². The van der Waals surface area contributed by atoms with Crippen molar-refractivity contribution in [3.63, 3.8) is 0 Å². The maximum atomic E-state index is 12.1. The van der Waals surface area contributed by atoms with Gasteiger partial charge in [0.25, 0.3) is 0 Å². The Morgan fingerprint density at radius 3 is 2.74 bits per heavy atom. The molecule has 0 amide bonds. The van der Waals surface area contributed by atoms with Gasteiger partial charge in [0.1, 0.15) is 0 Å². The molecule has 2 saturated carbocycles. The number of allylic oxidation sites excluding steroid dienone is 4. The molecule has 5 rings (SSSR count). The zero-order chi connectivity index (χ0) is 18.9. The van der Waals surface area contributed by atoms with Crippen molar-refractivity contribution in [3.8, 4) is 0 Å². The summed E-state index contributed by atoms with van der Waals surface area (Å²) in [6.45, 7) is 4.72. The highest BCUT2D eigenvalue weighted by Crippen LogP contribution is 2.69. The van der Waals surface area contributed by atoms with Crippen LogP contribution in [0, 0.1) is 22.7 Å². The summed E-state index contributed by atoms with van der Waals surface area (Å²) in [5, 5.41) is 12.1. The normalized spacial score (nSPS) is 45.6. The molecule has 6 atom stereocenters. The van der Waals surface area contributed by atoms with Gasteiger partial charge in [-0.05, 0) is 85.3 Å². The van der Waals surface area contributed by atoms with E-state index in [4.69, 9.17) is 4.42 Å². The summed E-state index contributed by atoms with van der Waals surface area (Å²) in [7, 11) is 0. The van der Waals surface area contributed by atoms with Crippen LogP contribution in [0.2, 0.25) is 0 Å². The first-order valence-electron chi connectivity index (χ1n) is 10.6. The van der Waals surface area contributed by atoms with Crippen LogP contribution in [-0.2, 0) is 0 Å². The minimum atomic E-state index is -0.636. The highest BCUT2D eigenvalue weighted by atomic mass is 16.4. The second kappa shape index (κ2) is 5.70. The van der Waals surface area contributed by atoms with Gasteiger partial charge in [-0.1, -0.05) is 32.1 Å². The van der Waals surface area contributed by atoms with Gasteiger partial charge in [-0.15, -0.1) is 0 Å². The molecule has 1 heterocycles. The largest absolute Gasteiger partial charge is 0.431 e. The van der Waals surface area contributed by atoms with Crippen LogP contribution in [0.25, 0.3) is 0 Å². The van der Waals surface area contributed by atoms with Crippen LogP contribution < -0.4 is 5.63 Å². The molecule has 1 aromatic rings. The highest BCUT2D eigenvalue weighted by molar-refractivity contribution is 5.36. The first-order valence-corrected chi connectivity index (χ1v) is 10.6. The lowest BCUT2D eigenvalue weighted by atomic mass is 9.46. The van der Waals surface area contributed by atoms with Crippen molar-refractivity contribution in [1.82, 2.24) is 0 Å². The molecular formula is C24H30O3. The molecule has 4 aliphatic carbocycles. The second-order valence-corrected chi connectivity index (χ2v) is 9.83. The third-order valence-electron chi connectivity index (χ3n) is 8.97. The number of hydrogen-bond acceptors (Lipinski definition) is 3. The summed E-state index contributed by atoms with van der Waals surface area (Å²) in [5.74, 6) is 1.16. The molecule has 4 aliphatic rings. The summed E-state index contributed by atoms with van der Waals surface area (Å²) in [4.78, 5) is 11.4. The van der Waals surface area contributed by atoms with E-state index in [9.17, 15) is 9.90 Å². The average molecular weight is 367 g/mol. The molecule has 0 bridgehead atoms. The number of hydrogen-bond donors (Lipinski definition) is 1. The molecule has 1 aromatic heterocycles. The van der Waals surface area contributed by atoms with Gasteiger partial charge in [-0.2, -0.15) is 0 Å². The van der Waals surface area contributed by atoms with Gasteiger partial charge in [0.2, 0.25) is 0 Å². The number of fused-ring (bicyclic) bond motifs is 5. The van der Waals surface area contributed by atoms with Gasteiger partial charge in [-0.25, -0.2) is 4.79 Å². The number of rotatable bonds is 1. The van der Waals surface area contributed by atoms with E-state index in [0.717, 1.165) is 37.7 Å². The van der Waals surface area contributed by atoms with Crippen LogP contribution in [0.3, 0.4) is 0 Å². The SMILES string of the molecule is C[C@]12CCC=CC1=CC[C@@H]1[C@@H]2CC[C@]2(C)C(c3ccc(=O)oc3)CC[C@]12O. The Hall–Kier alpha value is -1.61. The third kappa shape index (κ3) is 2.21. The smallest absolute Gasteiger partial charge is 0.335 e. The van der Waals surface area contributed by atoms with Gasteiger partial charge in [0, 0.05) is 11.5 Å². The molecule has 2 fully saturated rings. The monoisotopic (exact) mass is 366 g/mol. The standard InChI is InChI=1S/C24H30O3/c1-22-12-4-3-5-17(22)7-8-20-19(22)10-13-23(2)18(11-14-24(20,23)26)16-6-9-21(25)27-15-16/h3,5-7,9,15,18-20,26H,4,8,10-14H2,1-2H3/t18?,19-,20+,22-,23+,24-/m0/s1. The molecule has 0 aromatic carbocycles. The second-order valence-electron chi connectivity index (χ2n) is 9.83. The van der Waals surface area contributed by atoms with E-state index in [2.05, 4.69) is 32.1 Å². The summed E-state index contributed by atoms with van der Waals surface area (Å²) in [5.41, 5.74) is 1.70. The van der Waals surface area contributed by atoms with Crippen LogP contribution in [0.4, 0.5) is 0 Å². The van der Waals surface area contributed by atoms with Crippen molar-refractivity contribution in [1.29, 1.82) is 0 Å². The van der Waals surface area contributed by atoms with Crippen molar-refractivity contribution in [2.75, 3.05) is 0 Å². The Morgan fingerprint density at radius 1 is 1.11 bits per heavy atom. The lowest BCUT2D eigenvalue weighted by Crippen LogP contribution is -2.59. The van der Waals surface area contributed by atoms with Gasteiger partial charge >= 0.3 is 5.63 Å². The van der Waals surface area contributed by atoms with Crippen LogP contribution in [0.15, 0.2) is 51.4 Å². The maximum Gasteiger partial charge on any atom is 0.335 e. The Morgan fingerprint density at radius 2 is 1.96 bits per heavy atom. The molecule has 0 aliphatic heterocycles. The molecule has 27 heavy (non-hydrogen) atoms. The molecule has 1 unspecified atom stereocenters. The van der Waals surface area contributed by atoms with E-state index < -0.39 is 5.60 Å². The van der Waals surface area contributed by atoms with Crippen LogP contribution in [-0.4, -0.2) is 10.7 Å². The van der Waals surface area contributed by atoms with E-state index in [1.807, 2.05) is 6.07 Å². The Kier molecular flexibility index (Phi) is 3.69. The zero-order valence-electron chi connectivity index (χ0n) is 16.4. The third-order valence-corrected chi connectivity index (χ3v) is 8.97. The molecule has 0 radical (unpaired) electrons. The van der Waals surface area contributed by atoms with E-state index in [1.165, 1.54) is 24.5 Å². The molecule has 3 heteroatoms. The molecule has 144 valence electrons. The Bertz CT molecular complexity index is 859. The van der Waals surface area contributed by atoms with E-state index in [1.54, 1.807) is 6.26 Å². The summed E-state index contributed by atoms with van der Waals surface area (Å²) >= 11 is 0. The minimum Gasteiger partial charge on any atom is -0.431 e. The predicted molar refractivity (Wildman–Crippen MR) is 105 cm³/mol. The zero-order valence-corrected chi connectivity index (χ0v) is 16.4. The van der Waals surface area contributed by atoms with Crippen LogP contribution >= 0.6 is 0 Å². The summed E-state index contributed by atoms with van der Waals surface area (Å²) < 4.78 is 5.17. The summed E-state index contributed by atoms with van der Waals surface area (Å²) in [6.07, 6.45) is 16.1. The van der Waals surface area contributed by atoms with Crippen molar-refractivity contribution >= 4 is 0 Å². The molecule has 3 nitrogen and oxygen atoms in total. The first kappa shape index (κ1) is 17.5. The lowest BCUT2D eigenvalue weighted by molar-refractivity contribution is -0.169. The van der Waals surface area contributed by atoms with E-state index >= 15 is 0 Å². The van der Waals surface area contributed by atoms with Crippen molar-refractivity contribution in [2.24, 2.45) is 22.7 Å². The maximum absolute atomic E-state index is 12.1. The molecular weight excluding hydrogens is 336 g/mol. The number of aliphatic hydroxyl groups is 1. The molecule has 0 saturated heterocycles.